The molecule has 0 bridgehead atoms. The van der Waals surface area contributed by atoms with Gasteiger partial charge in [0.05, 0.1) is 5.02 Å². The van der Waals surface area contributed by atoms with Gasteiger partial charge in [0, 0.05) is 17.1 Å². The molecule has 0 fully saturated rings. The second-order valence-electron chi connectivity index (χ2n) is 2.79. The van der Waals surface area contributed by atoms with Gasteiger partial charge in [-0.2, -0.15) is 13.2 Å². The standard InChI is InChI=1S/C8H4BrClF5N/c9-1-3-2-16-6(7(11)12)4(5(3)10)8(13,14)15/h2,7H,1H2. The number of rotatable bonds is 2. The molecule has 1 nitrogen and oxygen atoms in total. The van der Waals surface area contributed by atoms with Crippen LogP contribution in [0, 0.1) is 0 Å². The Labute approximate surface area is 101 Å². The molecule has 0 unspecified atom stereocenters. The van der Waals surface area contributed by atoms with Crippen LogP contribution in [-0.2, 0) is 11.5 Å². The summed E-state index contributed by atoms with van der Waals surface area (Å²) in [5.74, 6) is 0. The highest BCUT2D eigenvalue weighted by Crippen LogP contribution is 2.41. The first-order valence-corrected chi connectivity index (χ1v) is 5.37. The van der Waals surface area contributed by atoms with E-state index in [1.807, 2.05) is 0 Å². The molecule has 90 valence electrons. The second kappa shape index (κ2) is 4.83. The van der Waals surface area contributed by atoms with Crippen molar-refractivity contribution in [3.05, 3.63) is 28.0 Å². The molecular formula is C8H4BrClF5N. The van der Waals surface area contributed by atoms with E-state index in [0.29, 0.717) is 0 Å². The Balaban J connectivity index is 3.50. The van der Waals surface area contributed by atoms with E-state index in [1.165, 1.54) is 0 Å². The monoisotopic (exact) mass is 323 g/mol. The molecule has 16 heavy (non-hydrogen) atoms. The fraction of sp³-hybridized carbons (Fsp3) is 0.375. The minimum Gasteiger partial charge on any atom is -0.254 e. The maximum Gasteiger partial charge on any atom is 0.419 e. The van der Waals surface area contributed by atoms with Crippen molar-refractivity contribution >= 4 is 27.5 Å². The first kappa shape index (κ1) is 13.6. The second-order valence-corrected chi connectivity index (χ2v) is 3.73. The molecule has 1 heterocycles. The average molecular weight is 324 g/mol. The summed E-state index contributed by atoms with van der Waals surface area (Å²) in [7, 11) is 0. The Kier molecular flexibility index (Phi) is 4.12. The summed E-state index contributed by atoms with van der Waals surface area (Å²) in [6, 6.07) is 0. The third kappa shape index (κ3) is 2.63. The summed E-state index contributed by atoms with van der Waals surface area (Å²) < 4.78 is 62.2. The van der Waals surface area contributed by atoms with Crippen molar-refractivity contribution in [3.8, 4) is 0 Å². The number of halogens is 7. The molecule has 0 aliphatic heterocycles. The number of nitrogens with zero attached hydrogens (tertiary/aromatic N) is 1. The Morgan fingerprint density at radius 1 is 1.38 bits per heavy atom. The van der Waals surface area contributed by atoms with E-state index < -0.39 is 28.9 Å². The third-order valence-corrected chi connectivity index (χ3v) is 2.79. The van der Waals surface area contributed by atoms with E-state index in [0.717, 1.165) is 6.20 Å². The maximum atomic E-state index is 12.5. The molecule has 0 atom stereocenters. The zero-order chi connectivity index (χ0) is 12.5. The molecule has 0 N–H and O–H groups in total. The summed E-state index contributed by atoms with van der Waals surface area (Å²) in [6.45, 7) is 0. The molecule has 0 saturated carbocycles. The Bertz CT molecular complexity index is 393. The van der Waals surface area contributed by atoms with Crippen molar-refractivity contribution in [2.75, 3.05) is 0 Å². The van der Waals surface area contributed by atoms with Gasteiger partial charge in [-0.15, -0.1) is 0 Å². The number of pyridine rings is 1. The predicted molar refractivity (Wildman–Crippen MR) is 51.8 cm³/mol. The van der Waals surface area contributed by atoms with Crippen LogP contribution in [-0.4, -0.2) is 4.98 Å². The lowest BCUT2D eigenvalue weighted by Crippen LogP contribution is -2.13. The van der Waals surface area contributed by atoms with Crippen molar-refractivity contribution in [2.45, 2.75) is 17.9 Å². The summed E-state index contributed by atoms with van der Waals surface area (Å²) in [5, 5.41) is -0.736. The van der Waals surface area contributed by atoms with Gasteiger partial charge in [-0.3, -0.25) is 4.98 Å². The molecule has 0 spiro atoms. The number of alkyl halides is 6. The van der Waals surface area contributed by atoms with E-state index >= 15 is 0 Å². The van der Waals surface area contributed by atoms with E-state index in [9.17, 15) is 22.0 Å². The normalized spacial score (nSPS) is 12.2. The first-order chi connectivity index (χ1) is 7.29. The highest BCUT2D eigenvalue weighted by Gasteiger charge is 2.40. The lowest BCUT2D eigenvalue weighted by Gasteiger charge is -2.15. The lowest BCUT2D eigenvalue weighted by atomic mass is 10.1. The molecule has 1 aromatic heterocycles. The first-order valence-electron chi connectivity index (χ1n) is 3.87. The minimum atomic E-state index is -4.95. The molecule has 1 rings (SSSR count). The van der Waals surface area contributed by atoms with Crippen molar-refractivity contribution in [3.63, 3.8) is 0 Å². The Morgan fingerprint density at radius 3 is 2.31 bits per heavy atom. The summed E-state index contributed by atoms with van der Waals surface area (Å²) in [6.07, 6.45) is -7.37. The van der Waals surface area contributed by atoms with E-state index in [4.69, 9.17) is 11.6 Å². The van der Waals surface area contributed by atoms with Gasteiger partial charge >= 0.3 is 6.18 Å². The summed E-state index contributed by atoms with van der Waals surface area (Å²) >= 11 is 8.31. The molecule has 8 heteroatoms. The summed E-state index contributed by atoms with van der Waals surface area (Å²) in [4.78, 5) is 3.09. The molecule has 0 amide bonds. The van der Waals surface area contributed by atoms with Crippen LogP contribution in [0.3, 0.4) is 0 Å². The van der Waals surface area contributed by atoms with E-state index in [2.05, 4.69) is 20.9 Å². The largest absolute Gasteiger partial charge is 0.419 e. The van der Waals surface area contributed by atoms with Crippen LogP contribution in [0.15, 0.2) is 6.20 Å². The van der Waals surface area contributed by atoms with Gasteiger partial charge < -0.3 is 0 Å². The SMILES string of the molecule is FC(F)c1ncc(CBr)c(Cl)c1C(F)(F)F. The van der Waals surface area contributed by atoms with Gasteiger partial charge in [0.15, 0.2) is 0 Å². The topological polar surface area (TPSA) is 12.9 Å². The van der Waals surface area contributed by atoms with E-state index in [1.54, 1.807) is 0 Å². The van der Waals surface area contributed by atoms with Crippen LogP contribution in [0.2, 0.25) is 5.02 Å². The molecule has 0 saturated heterocycles. The highest BCUT2D eigenvalue weighted by molar-refractivity contribution is 9.08. The van der Waals surface area contributed by atoms with Gasteiger partial charge in [0.25, 0.3) is 6.43 Å². The van der Waals surface area contributed by atoms with Gasteiger partial charge in [-0.25, -0.2) is 8.78 Å². The van der Waals surface area contributed by atoms with Crippen molar-refractivity contribution in [1.29, 1.82) is 0 Å². The van der Waals surface area contributed by atoms with Gasteiger partial charge in [-0.1, -0.05) is 27.5 Å². The molecule has 0 aromatic carbocycles. The maximum absolute atomic E-state index is 12.5. The predicted octanol–water partition coefficient (Wildman–Crippen LogP) is 4.59. The Hall–Kier alpha value is -0.430. The van der Waals surface area contributed by atoms with Crippen LogP contribution in [0.1, 0.15) is 23.2 Å². The minimum absolute atomic E-state index is 0.00539. The fourth-order valence-electron chi connectivity index (χ4n) is 1.07. The van der Waals surface area contributed by atoms with Crippen molar-refractivity contribution in [2.24, 2.45) is 0 Å². The van der Waals surface area contributed by atoms with Crippen molar-refractivity contribution < 1.29 is 22.0 Å². The van der Waals surface area contributed by atoms with Gasteiger partial charge in [0.1, 0.15) is 11.3 Å². The van der Waals surface area contributed by atoms with Crippen LogP contribution in [0.5, 0.6) is 0 Å². The number of aromatic nitrogens is 1. The van der Waals surface area contributed by atoms with Crippen LogP contribution >= 0.6 is 27.5 Å². The smallest absolute Gasteiger partial charge is 0.254 e. The van der Waals surface area contributed by atoms with Crippen LogP contribution in [0.4, 0.5) is 22.0 Å². The quantitative estimate of drug-likeness (QED) is 0.573. The molecule has 0 aliphatic rings. The molecule has 1 aromatic rings. The van der Waals surface area contributed by atoms with Gasteiger partial charge in [-0.05, 0) is 0 Å². The van der Waals surface area contributed by atoms with Crippen LogP contribution in [0.25, 0.3) is 0 Å². The molecule has 0 radical (unpaired) electrons. The lowest BCUT2D eigenvalue weighted by molar-refractivity contribution is -0.139. The zero-order valence-corrected chi connectivity index (χ0v) is 9.80. The third-order valence-electron chi connectivity index (χ3n) is 1.75. The number of hydrogen-bond donors (Lipinski definition) is 0. The van der Waals surface area contributed by atoms with Crippen LogP contribution < -0.4 is 0 Å². The summed E-state index contributed by atoms with van der Waals surface area (Å²) in [5.41, 5.74) is -2.90. The Morgan fingerprint density at radius 2 is 1.94 bits per heavy atom. The number of hydrogen-bond acceptors (Lipinski definition) is 1. The van der Waals surface area contributed by atoms with Crippen molar-refractivity contribution in [1.82, 2.24) is 4.98 Å². The highest BCUT2D eigenvalue weighted by atomic mass is 79.9. The van der Waals surface area contributed by atoms with Gasteiger partial charge in [0.2, 0.25) is 0 Å². The zero-order valence-electron chi connectivity index (χ0n) is 7.45. The fourth-order valence-corrected chi connectivity index (χ4v) is 1.98. The molecule has 0 aliphatic carbocycles. The van der Waals surface area contributed by atoms with E-state index in [-0.39, 0.29) is 10.9 Å². The average Bonchev–Trinajstić information content (AvgIpc) is 2.14. The molecular weight excluding hydrogens is 320 g/mol.